The summed E-state index contributed by atoms with van der Waals surface area (Å²) in [5.74, 6) is -0.207. The minimum Gasteiger partial charge on any atom is -0.363 e. The molecule has 21 heavy (non-hydrogen) atoms. The Hall–Kier alpha value is -2.83. The lowest BCUT2D eigenvalue weighted by atomic mass is 10.1. The Morgan fingerprint density at radius 1 is 1.38 bits per heavy atom. The molecule has 0 unspecified atom stereocenters. The Kier molecular flexibility index (Phi) is 4.22. The van der Waals surface area contributed by atoms with Crippen LogP contribution in [0.5, 0.6) is 0 Å². The smallest absolute Gasteiger partial charge is 0.293 e. The quantitative estimate of drug-likeness (QED) is 0.475. The highest BCUT2D eigenvalue weighted by Crippen LogP contribution is 2.29. The van der Waals surface area contributed by atoms with Crippen molar-refractivity contribution in [2.24, 2.45) is 0 Å². The van der Waals surface area contributed by atoms with Gasteiger partial charge in [0.05, 0.1) is 23.4 Å². The van der Waals surface area contributed by atoms with Gasteiger partial charge in [-0.15, -0.1) is 0 Å². The molecule has 0 aliphatic carbocycles. The molecule has 0 spiro atoms. The lowest BCUT2D eigenvalue weighted by molar-refractivity contribution is -0.384. The molecule has 1 heterocycles. The van der Waals surface area contributed by atoms with Gasteiger partial charge < -0.3 is 4.90 Å². The van der Waals surface area contributed by atoms with Gasteiger partial charge in [0.15, 0.2) is 5.78 Å². The topological polar surface area (TPSA) is 89.2 Å². The summed E-state index contributed by atoms with van der Waals surface area (Å²) in [6.07, 6.45) is 4.73. The SMILES string of the molecule is CC(=O)c1ccc(N(C)Cc2cnccn2)c([N+](=O)[O-])c1. The van der Waals surface area contributed by atoms with Gasteiger partial charge in [-0.1, -0.05) is 0 Å². The number of nitrogens with zero attached hydrogens (tertiary/aromatic N) is 4. The average Bonchev–Trinajstić information content (AvgIpc) is 2.47. The molecule has 0 saturated heterocycles. The number of nitro groups is 1. The number of carbonyl (C=O) groups is 1. The summed E-state index contributed by atoms with van der Waals surface area (Å²) < 4.78 is 0. The number of rotatable bonds is 5. The molecule has 0 atom stereocenters. The maximum absolute atomic E-state index is 11.3. The molecule has 0 N–H and O–H groups in total. The van der Waals surface area contributed by atoms with E-state index in [9.17, 15) is 14.9 Å². The summed E-state index contributed by atoms with van der Waals surface area (Å²) in [5, 5.41) is 11.2. The van der Waals surface area contributed by atoms with Gasteiger partial charge in [0.2, 0.25) is 0 Å². The zero-order chi connectivity index (χ0) is 15.4. The first-order valence-electron chi connectivity index (χ1n) is 6.24. The van der Waals surface area contributed by atoms with Crippen molar-refractivity contribution in [2.45, 2.75) is 13.5 Å². The zero-order valence-corrected chi connectivity index (χ0v) is 11.7. The molecular weight excluding hydrogens is 272 g/mol. The van der Waals surface area contributed by atoms with Crippen molar-refractivity contribution in [3.05, 3.63) is 58.2 Å². The van der Waals surface area contributed by atoms with Crippen molar-refractivity contribution >= 4 is 17.2 Å². The number of aromatic nitrogens is 2. The van der Waals surface area contributed by atoms with E-state index < -0.39 is 4.92 Å². The molecular formula is C14H14N4O3. The van der Waals surface area contributed by atoms with Crippen LogP contribution in [0.4, 0.5) is 11.4 Å². The highest BCUT2D eigenvalue weighted by atomic mass is 16.6. The predicted molar refractivity (Wildman–Crippen MR) is 77.2 cm³/mol. The van der Waals surface area contributed by atoms with Crippen LogP contribution in [0.1, 0.15) is 23.0 Å². The minimum atomic E-state index is -0.491. The largest absolute Gasteiger partial charge is 0.363 e. The Balaban J connectivity index is 2.34. The second-order valence-corrected chi connectivity index (χ2v) is 4.57. The van der Waals surface area contributed by atoms with Crippen LogP contribution >= 0.6 is 0 Å². The normalized spacial score (nSPS) is 10.2. The number of benzene rings is 1. The predicted octanol–water partition coefficient (Wildman–Crippen LogP) is 2.22. The van der Waals surface area contributed by atoms with E-state index in [1.54, 1.807) is 42.7 Å². The molecule has 0 amide bonds. The van der Waals surface area contributed by atoms with Gasteiger partial charge >= 0.3 is 0 Å². The van der Waals surface area contributed by atoms with E-state index in [2.05, 4.69) is 9.97 Å². The van der Waals surface area contributed by atoms with Gasteiger partial charge in [-0.05, 0) is 19.1 Å². The van der Waals surface area contributed by atoms with Gasteiger partial charge in [-0.25, -0.2) is 0 Å². The van der Waals surface area contributed by atoms with Crippen molar-refractivity contribution in [3.8, 4) is 0 Å². The van der Waals surface area contributed by atoms with Crippen LogP contribution in [0.2, 0.25) is 0 Å². The third-order valence-corrected chi connectivity index (χ3v) is 3.01. The van der Waals surface area contributed by atoms with E-state index >= 15 is 0 Å². The summed E-state index contributed by atoms with van der Waals surface area (Å²) in [7, 11) is 1.73. The number of carbonyl (C=O) groups excluding carboxylic acids is 1. The molecule has 2 aromatic rings. The van der Waals surface area contributed by atoms with Crippen molar-refractivity contribution < 1.29 is 9.72 Å². The van der Waals surface area contributed by atoms with E-state index in [1.165, 1.54) is 13.0 Å². The zero-order valence-electron chi connectivity index (χ0n) is 11.7. The molecule has 0 bridgehead atoms. The lowest BCUT2D eigenvalue weighted by Gasteiger charge is -2.18. The van der Waals surface area contributed by atoms with Gasteiger partial charge in [-0.3, -0.25) is 24.9 Å². The fourth-order valence-corrected chi connectivity index (χ4v) is 1.95. The number of Topliss-reactive ketones (excluding diaryl/α,β-unsaturated/α-hetero) is 1. The van der Waals surface area contributed by atoms with Crippen molar-refractivity contribution in [2.75, 3.05) is 11.9 Å². The summed E-state index contributed by atoms with van der Waals surface area (Å²) in [6.45, 7) is 1.76. The number of nitro benzene ring substituents is 1. The number of ketones is 1. The van der Waals surface area contributed by atoms with E-state index in [4.69, 9.17) is 0 Å². The number of hydrogen-bond donors (Lipinski definition) is 0. The highest BCUT2D eigenvalue weighted by molar-refractivity contribution is 5.95. The first-order valence-corrected chi connectivity index (χ1v) is 6.24. The number of hydrogen-bond acceptors (Lipinski definition) is 6. The van der Waals surface area contributed by atoms with E-state index in [-0.39, 0.29) is 11.5 Å². The lowest BCUT2D eigenvalue weighted by Crippen LogP contribution is -2.18. The standard InChI is InChI=1S/C14H14N4O3/c1-10(19)11-3-4-13(14(7-11)18(20)21)17(2)9-12-8-15-5-6-16-12/h3-8H,9H2,1-2H3. The minimum absolute atomic E-state index is 0.103. The maximum atomic E-state index is 11.3. The molecule has 7 heteroatoms. The van der Waals surface area contributed by atoms with Crippen LogP contribution in [-0.2, 0) is 6.54 Å². The number of anilines is 1. The molecule has 0 saturated carbocycles. The first kappa shape index (κ1) is 14.6. The maximum Gasteiger partial charge on any atom is 0.293 e. The van der Waals surface area contributed by atoms with Gasteiger partial charge in [-0.2, -0.15) is 0 Å². The Morgan fingerprint density at radius 3 is 2.71 bits per heavy atom. The summed E-state index contributed by atoms with van der Waals surface area (Å²) >= 11 is 0. The van der Waals surface area contributed by atoms with Gasteiger partial charge in [0, 0.05) is 31.1 Å². The van der Waals surface area contributed by atoms with Crippen molar-refractivity contribution in [3.63, 3.8) is 0 Å². The fraction of sp³-hybridized carbons (Fsp3) is 0.214. The van der Waals surface area contributed by atoms with Crippen LogP contribution in [0.3, 0.4) is 0 Å². The Bertz CT molecular complexity index is 673. The van der Waals surface area contributed by atoms with E-state index in [0.717, 1.165) is 0 Å². The molecule has 7 nitrogen and oxygen atoms in total. The van der Waals surface area contributed by atoms with E-state index in [1.807, 2.05) is 0 Å². The molecule has 2 rings (SSSR count). The third kappa shape index (κ3) is 3.38. The Labute approximate surface area is 121 Å². The molecule has 0 aliphatic heterocycles. The molecule has 1 aromatic carbocycles. The van der Waals surface area contributed by atoms with Gasteiger partial charge in [0.25, 0.3) is 5.69 Å². The van der Waals surface area contributed by atoms with Gasteiger partial charge in [0.1, 0.15) is 5.69 Å². The van der Waals surface area contributed by atoms with Crippen LogP contribution in [-0.4, -0.2) is 27.7 Å². The second kappa shape index (κ2) is 6.08. The molecule has 0 fully saturated rings. The van der Waals surface area contributed by atoms with Crippen LogP contribution in [0, 0.1) is 10.1 Å². The highest BCUT2D eigenvalue weighted by Gasteiger charge is 2.19. The molecule has 0 aliphatic rings. The average molecular weight is 286 g/mol. The Morgan fingerprint density at radius 2 is 2.14 bits per heavy atom. The van der Waals surface area contributed by atoms with Crippen molar-refractivity contribution in [1.82, 2.24) is 9.97 Å². The molecule has 1 aromatic heterocycles. The summed E-state index contributed by atoms with van der Waals surface area (Å²) in [6, 6.07) is 4.45. The first-order chi connectivity index (χ1) is 9.99. The van der Waals surface area contributed by atoms with Crippen LogP contribution in [0.25, 0.3) is 0 Å². The molecule has 0 radical (unpaired) electrons. The van der Waals surface area contributed by atoms with Crippen molar-refractivity contribution in [1.29, 1.82) is 0 Å². The fourth-order valence-electron chi connectivity index (χ4n) is 1.95. The second-order valence-electron chi connectivity index (χ2n) is 4.57. The summed E-state index contributed by atoms with van der Waals surface area (Å²) in [4.78, 5) is 31.8. The molecule has 108 valence electrons. The van der Waals surface area contributed by atoms with Crippen LogP contribution < -0.4 is 4.90 Å². The summed E-state index contributed by atoms with van der Waals surface area (Å²) in [5.41, 5.74) is 1.34. The van der Waals surface area contributed by atoms with E-state index in [0.29, 0.717) is 23.5 Å². The van der Waals surface area contributed by atoms with Crippen LogP contribution in [0.15, 0.2) is 36.8 Å². The monoisotopic (exact) mass is 286 g/mol. The third-order valence-electron chi connectivity index (χ3n) is 3.01.